The van der Waals surface area contributed by atoms with Crippen molar-refractivity contribution in [3.8, 4) is 0 Å². The Hall–Kier alpha value is -1.61. The van der Waals surface area contributed by atoms with Gasteiger partial charge in [-0.05, 0) is 80.5 Å². The van der Waals surface area contributed by atoms with E-state index in [1.807, 2.05) is 30.3 Å². The SMILES string of the molecule is c1ccc(N=Nc2ccccc2SC23CC4CC(CC(C4)C2)C3)cc1. The second kappa shape index (κ2) is 6.28. The summed E-state index contributed by atoms with van der Waals surface area (Å²) in [5, 5.41) is 9.02. The monoisotopic (exact) mass is 348 g/mol. The van der Waals surface area contributed by atoms with Gasteiger partial charge in [-0.2, -0.15) is 5.11 Å². The van der Waals surface area contributed by atoms with Crippen LogP contribution in [0.4, 0.5) is 11.4 Å². The molecule has 0 N–H and O–H groups in total. The van der Waals surface area contributed by atoms with Crippen molar-refractivity contribution in [2.75, 3.05) is 0 Å². The first-order valence-corrected chi connectivity index (χ1v) is 10.3. The molecule has 0 heterocycles. The van der Waals surface area contributed by atoms with Crippen molar-refractivity contribution in [1.29, 1.82) is 0 Å². The minimum absolute atomic E-state index is 0.465. The zero-order valence-electron chi connectivity index (χ0n) is 14.5. The molecule has 4 aliphatic carbocycles. The fraction of sp³-hybridized carbons (Fsp3) is 0.455. The summed E-state index contributed by atoms with van der Waals surface area (Å²) in [5.41, 5.74) is 1.93. The van der Waals surface area contributed by atoms with Gasteiger partial charge in [0, 0.05) is 9.64 Å². The average molecular weight is 349 g/mol. The standard InChI is InChI=1S/C22H24N2S/c1-2-6-19(7-3-1)23-24-20-8-4-5-9-21(20)25-22-13-16-10-17(14-22)12-18(11-16)15-22/h1-9,16-18H,10-15H2. The number of hydrogen-bond acceptors (Lipinski definition) is 3. The van der Waals surface area contributed by atoms with Crippen molar-refractivity contribution in [3.05, 3.63) is 54.6 Å². The van der Waals surface area contributed by atoms with E-state index < -0.39 is 0 Å². The fourth-order valence-corrected chi connectivity index (χ4v) is 7.41. The van der Waals surface area contributed by atoms with Gasteiger partial charge in [-0.25, -0.2) is 0 Å². The Labute approximate surface area is 154 Å². The lowest BCUT2D eigenvalue weighted by molar-refractivity contribution is 0.0383. The summed E-state index contributed by atoms with van der Waals surface area (Å²) in [6.07, 6.45) is 8.72. The molecule has 4 aliphatic rings. The molecule has 0 aromatic heterocycles. The van der Waals surface area contributed by atoms with E-state index >= 15 is 0 Å². The normalized spacial score (nSPS) is 33.2. The van der Waals surface area contributed by atoms with E-state index in [2.05, 4.69) is 46.3 Å². The van der Waals surface area contributed by atoms with Gasteiger partial charge in [-0.1, -0.05) is 30.3 Å². The molecule has 0 radical (unpaired) electrons. The van der Waals surface area contributed by atoms with Crippen LogP contribution in [0.15, 0.2) is 69.7 Å². The molecule has 6 rings (SSSR count). The molecule has 2 aromatic rings. The molecule has 0 spiro atoms. The van der Waals surface area contributed by atoms with Gasteiger partial charge in [0.05, 0.1) is 11.4 Å². The van der Waals surface area contributed by atoms with E-state index in [4.69, 9.17) is 0 Å². The molecule has 2 nitrogen and oxygen atoms in total. The number of rotatable bonds is 4. The molecule has 0 atom stereocenters. The molecule has 4 fully saturated rings. The van der Waals surface area contributed by atoms with Crippen LogP contribution in [0.25, 0.3) is 0 Å². The Morgan fingerprint density at radius 2 is 1.32 bits per heavy atom. The smallest absolute Gasteiger partial charge is 0.0992 e. The van der Waals surface area contributed by atoms with Crippen LogP contribution in [-0.2, 0) is 0 Å². The molecule has 0 aliphatic heterocycles. The molecular weight excluding hydrogens is 324 g/mol. The summed E-state index contributed by atoms with van der Waals surface area (Å²) < 4.78 is 0.465. The number of thioether (sulfide) groups is 1. The first-order valence-electron chi connectivity index (χ1n) is 9.53. The van der Waals surface area contributed by atoms with E-state index in [9.17, 15) is 0 Å². The van der Waals surface area contributed by atoms with Gasteiger partial charge >= 0.3 is 0 Å². The third-order valence-electron chi connectivity index (χ3n) is 6.20. The highest BCUT2D eigenvalue weighted by Gasteiger charge is 2.51. The van der Waals surface area contributed by atoms with E-state index in [1.165, 1.54) is 43.4 Å². The van der Waals surface area contributed by atoms with Crippen LogP contribution in [-0.4, -0.2) is 4.75 Å². The van der Waals surface area contributed by atoms with Crippen molar-refractivity contribution in [3.63, 3.8) is 0 Å². The first kappa shape index (κ1) is 15.6. The molecular formula is C22H24N2S. The van der Waals surface area contributed by atoms with Crippen molar-refractivity contribution in [2.45, 2.75) is 48.2 Å². The summed E-state index contributed by atoms with van der Waals surface area (Å²) >= 11 is 2.11. The van der Waals surface area contributed by atoms with Crippen LogP contribution < -0.4 is 0 Å². The maximum atomic E-state index is 4.58. The lowest BCUT2D eigenvalue weighted by Gasteiger charge is -2.56. The zero-order chi connectivity index (χ0) is 16.7. The highest BCUT2D eigenvalue weighted by atomic mass is 32.2. The van der Waals surface area contributed by atoms with Gasteiger partial charge in [0.15, 0.2) is 0 Å². The predicted molar refractivity (Wildman–Crippen MR) is 104 cm³/mol. The van der Waals surface area contributed by atoms with E-state index in [1.54, 1.807) is 0 Å². The van der Waals surface area contributed by atoms with Gasteiger partial charge in [0.2, 0.25) is 0 Å². The Morgan fingerprint density at radius 3 is 2.00 bits per heavy atom. The molecule has 2 aromatic carbocycles. The quantitative estimate of drug-likeness (QED) is 0.538. The molecule has 0 amide bonds. The van der Waals surface area contributed by atoms with Crippen LogP contribution in [0.2, 0.25) is 0 Å². The lowest BCUT2D eigenvalue weighted by Crippen LogP contribution is -2.48. The number of hydrogen-bond donors (Lipinski definition) is 0. The van der Waals surface area contributed by atoms with Gasteiger partial charge in [-0.3, -0.25) is 0 Å². The largest absolute Gasteiger partial charge is 0.151 e. The molecule has 3 heteroatoms. The van der Waals surface area contributed by atoms with Crippen molar-refractivity contribution < 1.29 is 0 Å². The number of nitrogens with zero attached hydrogens (tertiary/aromatic N) is 2. The van der Waals surface area contributed by atoms with Crippen LogP contribution >= 0.6 is 11.8 Å². The summed E-state index contributed by atoms with van der Waals surface area (Å²) in [5.74, 6) is 2.95. The Kier molecular flexibility index (Phi) is 3.93. The van der Waals surface area contributed by atoms with Crippen LogP contribution in [0.3, 0.4) is 0 Å². The highest BCUT2D eigenvalue weighted by molar-refractivity contribution is 8.00. The van der Waals surface area contributed by atoms with E-state index in [0.717, 1.165) is 29.1 Å². The first-order chi connectivity index (χ1) is 12.3. The summed E-state index contributed by atoms with van der Waals surface area (Å²) in [6.45, 7) is 0. The minimum atomic E-state index is 0.465. The van der Waals surface area contributed by atoms with Crippen LogP contribution in [0, 0.1) is 17.8 Å². The Morgan fingerprint density at radius 1 is 0.720 bits per heavy atom. The van der Waals surface area contributed by atoms with Crippen molar-refractivity contribution in [1.82, 2.24) is 0 Å². The molecule has 4 bridgehead atoms. The molecule has 4 saturated carbocycles. The third kappa shape index (κ3) is 3.15. The van der Waals surface area contributed by atoms with Gasteiger partial charge in [0.25, 0.3) is 0 Å². The van der Waals surface area contributed by atoms with Crippen molar-refractivity contribution in [2.24, 2.45) is 28.0 Å². The third-order valence-corrected chi connectivity index (χ3v) is 7.70. The van der Waals surface area contributed by atoms with Crippen molar-refractivity contribution >= 4 is 23.1 Å². The maximum Gasteiger partial charge on any atom is 0.0992 e. The number of azo groups is 1. The van der Waals surface area contributed by atoms with Gasteiger partial charge < -0.3 is 0 Å². The summed E-state index contributed by atoms with van der Waals surface area (Å²) in [6, 6.07) is 18.6. The molecule has 0 saturated heterocycles. The van der Waals surface area contributed by atoms with Crippen LogP contribution in [0.1, 0.15) is 38.5 Å². The van der Waals surface area contributed by atoms with Gasteiger partial charge in [-0.15, -0.1) is 16.9 Å². The predicted octanol–water partition coefficient (Wildman–Crippen LogP) is 7.16. The second-order valence-corrected chi connectivity index (χ2v) is 9.72. The minimum Gasteiger partial charge on any atom is -0.151 e. The van der Waals surface area contributed by atoms with E-state index in [0.29, 0.717) is 4.75 Å². The lowest BCUT2D eigenvalue weighted by atomic mass is 9.56. The Bertz CT molecular complexity index is 748. The molecule has 0 unspecified atom stereocenters. The summed E-state index contributed by atoms with van der Waals surface area (Å²) in [4.78, 5) is 1.31. The van der Waals surface area contributed by atoms with Crippen LogP contribution in [0.5, 0.6) is 0 Å². The average Bonchev–Trinajstić information content (AvgIpc) is 2.60. The molecule has 128 valence electrons. The second-order valence-electron chi connectivity index (χ2n) is 8.21. The highest BCUT2D eigenvalue weighted by Crippen LogP contribution is 2.62. The molecule has 25 heavy (non-hydrogen) atoms. The van der Waals surface area contributed by atoms with Gasteiger partial charge in [0.1, 0.15) is 0 Å². The zero-order valence-corrected chi connectivity index (χ0v) is 15.3. The topological polar surface area (TPSA) is 24.7 Å². The number of benzene rings is 2. The van der Waals surface area contributed by atoms with E-state index in [-0.39, 0.29) is 0 Å². The summed E-state index contributed by atoms with van der Waals surface area (Å²) in [7, 11) is 0. The Balaban J connectivity index is 1.41. The fourth-order valence-electron chi connectivity index (χ4n) is 5.62. The maximum absolute atomic E-state index is 4.58.